The topological polar surface area (TPSA) is 68.3 Å². The molecule has 1 aliphatic carbocycles. The molecule has 4 rings (SSSR count). The molecule has 2 aliphatic heterocycles. The Morgan fingerprint density at radius 1 is 1.22 bits per heavy atom. The molecule has 1 aromatic carbocycles. The number of Topliss-reactive ketones (excluding diaryl/α,β-unsaturated/α-hetero) is 1. The van der Waals surface area contributed by atoms with Crippen molar-refractivity contribution in [2.45, 2.75) is 50.9 Å². The van der Waals surface area contributed by atoms with E-state index in [2.05, 4.69) is 6.92 Å². The molecule has 7 nitrogen and oxygen atoms in total. The lowest BCUT2D eigenvalue weighted by Crippen LogP contribution is -2.43. The van der Waals surface area contributed by atoms with Gasteiger partial charge in [0.15, 0.2) is 11.5 Å². The van der Waals surface area contributed by atoms with Gasteiger partial charge in [-0.1, -0.05) is 19.1 Å². The summed E-state index contributed by atoms with van der Waals surface area (Å²) in [5.74, 6) is 0.621. The van der Waals surface area contributed by atoms with Crippen molar-refractivity contribution in [2.75, 3.05) is 40.9 Å². The summed E-state index contributed by atoms with van der Waals surface area (Å²) in [5, 5.41) is 0. The predicted molar refractivity (Wildman–Crippen MR) is 120 cm³/mol. The highest BCUT2D eigenvalue weighted by Crippen LogP contribution is 2.47. The van der Waals surface area contributed by atoms with E-state index in [0.717, 1.165) is 30.6 Å². The second-order valence-electron chi connectivity index (χ2n) is 9.17. The minimum Gasteiger partial charge on any atom is -0.494 e. The molecule has 0 saturated heterocycles. The van der Waals surface area contributed by atoms with E-state index < -0.39 is 6.04 Å². The number of rotatable bonds is 8. The quantitative estimate of drug-likeness (QED) is 0.617. The molecular formula is C25H34N2O5. The van der Waals surface area contributed by atoms with E-state index in [1.54, 1.807) is 12.0 Å². The molecule has 3 aliphatic rings. The van der Waals surface area contributed by atoms with Crippen molar-refractivity contribution in [1.29, 1.82) is 0 Å². The maximum atomic E-state index is 13.7. The van der Waals surface area contributed by atoms with E-state index in [0.29, 0.717) is 31.7 Å². The van der Waals surface area contributed by atoms with Crippen molar-refractivity contribution in [3.63, 3.8) is 0 Å². The fraction of sp³-hybridized carbons (Fsp3) is 0.600. The number of fused-ring (bicyclic) bond motifs is 1. The number of carbonyl (C=O) groups is 2. The first-order valence-electron chi connectivity index (χ1n) is 11.6. The maximum Gasteiger partial charge on any atom is 0.290 e. The molecule has 1 aromatic rings. The number of carbonyl (C=O) groups excluding carboxylic acids is 2. The van der Waals surface area contributed by atoms with Crippen LogP contribution in [0.4, 0.5) is 0 Å². The van der Waals surface area contributed by atoms with Gasteiger partial charge in [0.1, 0.15) is 11.9 Å². The van der Waals surface area contributed by atoms with Crippen LogP contribution in [-0.4, -0.2) is 74.6 Å². The smallest absolute Gasteiger partial charge is 0.290 e. The highest BCUT2D eigenvalue weighted by atomic mass is 16.5. The average Bonchev–Trinajstić information content (AvgIpc) is 3.08. The molecule has 0 N–H and O–H groups in total. The van der Waals surface area contributed by atoms with Gasteiger partial charge in [-0.05, 0) is 51.1 Å². The Morgan fingerprint density at radius 3 is 2.75 bits per heavy atom. The molecule has 0 aromatic heterocycles. The Morgan fingerprint density at radius 2 is 2.03 bits per heavy atom. The predicted octanol–water partition coefficient (Wildman–Crippen LogP) is 2.96. The van der Waals surface area contributed by atoms with Gasteiger partial charge in [-0.25, -0.2) is 0 Å². The number of hydrogen-bond acceptors (Lipinski definition) is 6. The Kier molecular flexibility index (Phi) is 6.86. The van der Waals surface area contributed by atoms with Gasteiger partial charge in [-0.3, -0.25) is 9.59 Å². The lowest BCUT2D eigenvalue weighted by molar-refractivity contribution is -0.138. The van der Waals surface area contributed by atoms with Crippen LogP contribution in [0.5, 0.6) is 5.75 Å². The van der Waals surface area contributed by atoms with E-state index in [-0.39, 0.29) is 35.6 Å². The van der Waals surface area contributed by atoms with Gasteiger partial charge >= 0.3 is 0 Å². The first-order chi connectivity index (χ1) is 15.4. The number of benzene rings is 1. The zero-order chi connectivity index (χ0) is 22.8. The molecule has 1 saturated carbocycles. The molecule has 2 heterocycles. The van der Waals surface area contributed by atoms with Gasteiger partial charge in [0.25, 0.3) is 5.91 Å². The lowest BCUT2D eigenvalue weighted by atomic mass is 9.76. The van der Waals surface area contributed by atoms with Crippen molar-refractivity contribution in [1.82, 2.24) is 9.80 Å². The molecule has 4 atom stereocenters. The minimum absolute atomic E-state index is 0.0522. The van der Waals surface area contributed by atoms with Crippen molar-refractivity contribution in [3.8, 4) is 5.75 Å². The van der Waals surface area contributed by atoms with Crippen LogP contribution in [0, 0.1) is 5.92 Å². The Labute approximate surface area is 190 Å². The number of ketones is 1. The fourth-order valence-corrected chi connectivity index (χ4v) is 4.97. The van der Waals surface area contributed by atoms with Crippen molar-refractivity contribution in [3.05, 3.63) is 41.2 Å². The number of ether oxygens (including phenoxy) is 3. The highest BCUT2D eigenvalue weighted by molar-refractivity contribution is 6.11. The minimum atomic E-state index is -0.448. The summed E-state index contributed by atoms with van der Waals surface area (Å²) >= 11 is 0. The average molecular weight is 443 g/mol. The summed E-state index contributed by atoms with van der Waals surface area (Å²) in [6.45, 7) is 3.89. The van der Waals surface area contributed by atoms with Crippen LogP contribution in [0.15, 0.2) is 35.6 Å². The van der Waals surface area contributed by atoms with Crippen LogP contribution < -0.4 is 4.74 Å². The fourth-order valence-electron chi connectivity index (χ4n) is 4.97. The summed E-state index contributed by atoms with van der Waals surface area (Å²) in [4.78, 5) is 31.0. The van der Waals surface area contributed by atoms with E-state index in [1.807, 2.05) is 43.3 Å². The zero-order valence-corrected chi connectivity index (χ0v) is 19.5. The van der Waals surface area contributed by atoms with Crippen LogP contribution in [0.25, 0.3) is 0 Å². The molecule has 0 bridgehead atoms. The van der Waals surface area contributed by atoms with E-state index in [9.17, 15) is 9.59 Å². The lowest BCUT2D eigenvalue weighted by Gasteiger charge is -2.38. The third kappa shape index (κ3) is 4.28. The molecule has 0 radical (unpaired) electrons. The third-order valence-corrected chi connectivity index (χ3v) is 6.67. The first-order valence-corrected chi connectivity index (χ1v) is 11.6. The molecule has 174 valence electrons. The number of methoxy groups -OCH3 is 1. The monoisotopic (exact) mass is 442 g/mol. The summed E-state index contributed by atoms with van der Waals surface area (Å²) in [5.41, 5.74) is 1.40. The first kappa shape index (κ1) is 22.8. The van der Waals surface area contributed by atoms with Crippen molar-refractivity contribution >= 4 is 11.7 Å². The second kappa shape index (κ2) is 9.63. The number of nitrogens with zero attached hydrogens (tertiary/aromatic N) is 2. The van der Waals surface area contributed by atoms with Crippen LogP contribution >= 0.6 is 0 Å². The number of likely N-dealkylation sites (N-methyl/N-ethyl adjacent to an activating group) is 1. The van der Waals surface area contributed by atoms with E-state index in [4.69, 9.17) is 14.2 Å². The standard InChI is InChI=1S/C25H34N2O5/c1-5-13-31-18-8-6-7-16(14-18)22-21-23(28)19-10-9-17(30-4)15-20(19)32-24(21)25(29)27(22)12-11-26(2)3/h6-8,14,17,19-20,22H,5,9-13,15H2,1-4H3. The summed E-state index contributed by atoms with van der Waals surface area (Å²) in [7, 11) is 5.64. The van der Waals surface area contributed by atoms with Gasteiger partial charge in [0.05, 0.1) is 30.2 Å². The van der Waals surface area contributed by atoms with Crippen LogP contribution in [0.3, 0.4) is 0 Å². The summed E-state index contributed by atoms with van der Waals surface area (Å²) < 4.78 is 17.6. The van der Waals surface area contributed by atoms with Gasteiger partial charge in [0, 0.05) is 26.6 Å². The molecule has 1 fully saturated rings. The summed E-state index contributed by atoms with van der Waals surface area (Å²) in [6.07, 6.45) is 2.87. The van der Waals surface area contributed by atoms with Gasteiger partial charge in [-0.2, -0.15) is 0 Å². The molecular weight excluding hydrogens is 408 g/mol. The van der Waals surface area contributed by atoms with E-state index in [1.165, 1.54) is 0 Å². The van der Waals surface area contributed by atoms with E-state index >= 15 is 0 Å². The van der Waals surface area contributed by atoms with Crippen molar-refractivity contribution < 1.29 is 23.8 Å². The Balaban J connectivity index is 1.71. The molecule has 32 heavy (non-hydrogen) atoms. The summed E-state index contributed by atoms with van der Waals surface area (Å²) in [6, 6.07) is 7.31. The molecule has 1 amide bonds. The maximum absolute atomic E-state index is 13.7. The van der Waals surface area contributed by atoms with Crippen LogP contribution in [0.1, 0.15) is 44.2 Å². The molecule has 4 unspecified atom stereocenters. The van der Waals surface area contributed by atoms with Crippen LogP contribution in [-0.2, 0) is 19.1 Å². The second-order valence-corrected chi connectivity index (χ2v) is 9.17. The zero-order valence-electron chi connectivity index (χ0n) is 19.5. The van der Waals surface area contributed by atoms with Crippen LogP contribution in [0.2, 0.25) is 0 Å². The largest absolute Gasteiger partial charge is 0.494 e. The normalized spacial score (nSPS) is 27.5. The third-order valence-electron chi connectivity index (χ3n) is 6.67. The van der Waals surface area contributed by atoms with Gasteiger partial charge in [-0.15, -0.1) is 0 Å². The van der Waals surface area contributed by atoms with Crippen molar-refractivity contribution in [2.24, 2.45) is 5.92 Å². The Bertz CT molecular complexity index is 896. The molecule has 7 heteroatoms. The highest BCUT2D eigenvalue weighted by Gasteiger charge is 2.52. The van der Waals surface area contributed by atoms with Gasteiger partial charge < -0.3 is 24.0 Å². The number of hydrogen-bond donors (Lipinski definition) is 0. The number of amides is 1. The molecule has 0 spiro atoms. The Hall–Kier alpha value is -2.38. The SMILES string of the molecule is CCCOc1cccc(C2C3=C(OC4CC(OC)CCC4C3=O)C(=O)N2CCN(C)C)c1. The van der Waals surface area contributed by atoms with Gasteiger partial charge in [0.2, 0.25) is 0 Å².